The second-order valence-electron chi connectivity index (χ2n) is 5.80. The van der Waals surface area contributed by atoms with E-state index in [2.05, 4.69) is 14.4 Å². The molecule has 1 aliphatic heterocycles. The van der Waals surface area contributed by atoms with Crippen LogP contribution in [0.15, 0.2) is 17.1 Å². The third kappa shape index (κ3) is 3.50. The van der Waals surface area contributed by atoms with Gasteiger partial charge in [0.1, 0.15) is 12.4 Å². The summed E-state index contributed by atoms with van der Waals surface area (Å²) in [5.41, 5.74) is -0.197. The van der Waals surface area contributed by atoms with Gasteiger partial charge in [0.05, 0.1) is 6.54 Å². The molecule has 0 bridgehead atoms. The molecule has 0 aliphatic carbocycles. The van der Waals surface area contributed by atoms with Crippen molar-refractivity contribution in [2.75, 3.05) is 27.2 Å². The van der Waals surface area contributed by atoms with Crippen molar-refractivity contribution >= 4 is 17.4 Å². The van der Waals surface area contributed by atoms with Gasteiger partial charge in [0.25, 0.3) is 0 Å². The molecule has 0 N–H and O–H groups in total. The van der Waals surface area contributed by atoms with Crippen LogP contribution in [0.1, 0.15) is 10.7 Å². The molecule has 2 aromatic heterocycles. The van der Waals surface area contributed by atoms with Gasteiger partial charge in [-0.05, 0) is 24.0 Å². The molecule has 0 saturated heterocycles. The predicted octanol–water partition coefficient (Wildman–Crippen LogP) is -0.352. The first-order chi connectivity index (χ1) is 11.0. The molecule has 2 aromatic rings. The number of fused-ring (bicyclic) bond motifs is 1. The largest absolute Gasteiger partial charge is 0.347 e. The highest BCUT2D eigenvalue weighted by Gasteiger charge is 2.22. The SMILES string of the molecule is CN(C)C(=O)Cn1nc2n(c1=O)CCN(CCc1ccns1)C2. The van der Waals surface area contributed by atoms with Gasteiger partial charge in [0, 0.05) is 44.8 Å². The third-order valence-corrected chi connectivity index (χ3v) is 4.76. The Bertz CT molecular complexity index is 733. The van der Waals surface area contributed by atoms with Gasteiger partial charge >= 0.3 is 5.69 Å². The van der Waals surface area contributed by atoms with Gasteiger partial charge in [-0.3, -0.25) is 14.3 Å². The van der Waals surface area contributed by atoms with Gasteiger partial charge in [-0.2, -0.15) is 5.10 Å². The maximum absolute atomic E-state index is 12.3. The van der Waals surface area contributed by atoms with Crippen molar-refractivity contribution < 1.29 is 4.79 Å². The van der Waals surface area contributed by atoms with Gasteiger partial charge in [-0.1, -0.05) is 0 Å². The van der Waals surface area contributed by atoms with Crippen LogP contribution < -0.4 is 5.69 Å². The number of likely N-dealkylation sites (N-methyl/N-ethyl adjacent to an activating group) is 1. The Kier molecular flexibility index (Phi) is 4.58. The summed E-state index contributed by atoms with van der Waals surface area (Å²) in [5.74, 6) is 0.599. The standard InChI is InChI=1S/C14H20N6O2S/c1-17(2)13(21)10-20-14(22)19-8-7-18(9-12(19)16-20)6-4-11-3-5-15-23-11/h3,5H,4,6-10H2,1-2H3. The monoisotopic (exact) mass is 336 g/mol. The molecule has 8 nitrogen and oxygen atoms in total. The zero-order chi connectivity index (χ0) is 16.4. The first-order valence-electron chi connectivity index (χ1n) is 7.53. The molecule has 0 spiro atoms. The lowest BCUT2D eigenvalue weighted by Crippen LogP contribution is -2.39. The second kappa shape index (κ2) is 6.63. The van der Waals surface area contributed by atoms with E-state index in [1.54, 1.807) is 18.7 Å². The van der Waals surface area contributed by atoms with Crippen molar-refractivity contribution in [1.29, 1.82) is 0 Å². The van der Waals surface area contributed by atoms with E-state index in [0.29, 0.717) is 13.1 Å². The predicted molar refractivity (Wildman–Crippen MR) is 86.3 cm³/mol. The Labute approximate surface area is 138 Å². The molecule has 0 saturated carbocycles. The van der Waals surface area contributed by atoms with Crippen LogP contribution in [-0.2, 0) is 30.8 Å². The van der Waals surface area contributed by atoms with Crippen LogP contribution in [0.2, 0.25) is 0 Å². The first-order valence-corrected chi connectivity index (χ1v) is 8.30. The van der Waals surface area contributed by atoms with E-state index in [0.717, 1.165) is 25.3 Å². The number of rotatable bonds is 5. The maximum Gasteiger partial charge on any atom is 0.346 e. The summed E-state index contributed by atoms with van der Waals surface area (Å²) in [7, 11) is 3.34. The van der Waals surface area contributed by atoms with E-state index in [-0.39, 0.29) is 18.1 Å². The molecule has 1 aliphatic rings. The lowest BCUT2D eigenvalue weighted by molar-refractivity contribution is -0.129. The molecule has 0 unspecified atom stereocenters. The van der Waals surface area contributed by atoms with Crippen LogP contribution in [0, 0.1) is 0 Å². The van der Waals surface area contributed by atoms with Crippen LogP contribution >= 0.6 is 11.5 Å². The highest BCUT2D eigenvalue weighted by Crippen LogP contribution is 2.11. The summed E-state index contributed by atoms with van der Waals surface area (Å²) in [6.07, 6.45) is 2.77. The Balaban J connectivity index is 1.66. The zero-order valence-electron chi connectivity index (χ0n) is 13.3. The van der Waals surface area contributed by atoms with Crippen LogP contribution in [0.4, 0.5) is 0 Å². The minimum Gasteiger partial charge on any atom is -0.347 e. The maximum atomic E-state index is 12.3. The Morgan fingerprint density at radius 2 is 2.22 bits per heavy atom. The molecule has 23 heavy (non-hydrogen) atoms. The summed E-state index contributed by atoms with van der Waals surface area (Å²) in [6.45, 7) is 2.98. The number of amides is 1. The Morgan fingerprint density at radius 1 is 1.39 bits per heavy atom. The molecule has 1 amide bonds. The zero-order valence-corrected chi connectivity index (χ0v) is 14.1. The van der Waals surface area contributed by atoms with E-state index in [1.807, 2.05) is 12.3 Å². The van der Waals surface area contributed by atoms with E-state index in [9.17, 15) is 9.59 Å². The van der Waals surface area contributed by atoms with E-state index in [1.165, 1.54) is 26.0 Å². The van der Waals surface area contributed by atoms with E-state index < -0.39 is 0 Å². The highest BCUT2D eigenvalue weighted by molar-refractivity contribution is 7.05. The normalized spacial score (nSPS) is 14.7. The van der Waals surface area contributed by atoms with Gasteiger partial charge in [0.15, 0.2) is 0 Å². The van der Waals surface area contributed by atoms with Gasteiger partial charge < -0.3 is 4.90 Å². The van der Waals surface area contributed by atoms with Crippen molar-refractivity contribution in [3.63, 3.8) is 0 Å². The third-order valence-electron chi connectivity index (χ3n) is 3.95. The fourth-order valence-corrected chi connectivity index (χ4v) is 3.11. The van der Waals surface area contributed by atoms with Gasteiger partial charge in [-0.25, -0.2) is 13.8 Å². The van der Waals surface area contributed by atoms with Crippen molar-refractivity contribution in [3.8, 4) is 0 Å². The van der Waals surface area contributed by atoms with E-state index in [4.69, 9.17) is 0 Å². The lowest BCUT2D eigenvalue weighted by Gasteiger charge is -2.26. The summed E-state index contributed by atoms with van der Waals surface area (Å²) >= 11 is 1.52. The summed E-state index contributed by atoms with van der Waals surface area (Å²) in [5, 5.41) is 4.34. The Morgan fingerprint density at radius 3 is 2.91 bits per heavy atom. The quantitative estimate of drug-likeness (QED) is 0.746. The molecule has 0 aromatic carbocycles. The molecule has 3 rings (SSSR count). The fraction of sp³-hybridized carbons (Fsp3) is 0.571. The second-order valence-corrected chi connectivity index (χ2v) is 6.72. The molecule has 0 radical (unpaired) electrons. The van der Waals surface area contributed by atoms with Crippen LogP contribution in [0.25, 0.3) is 0 Å². The highest BCUT2D eigenvalue weighted by atomic mass is 32.1. The number of hydrogen-bond acceptors (Lipinski definition) is 6. The van der Waals surface area contributed by atoms with Crippen molar-refractivity contribution in [1.82, 2.24) is 28.5 Å². The number of nitrogens with zero attached hydrogens (tertiary/aromatic N) is 6. The van der Waals surface area contributed by atoms with Gasteiger partial charge in [-0.15, -0.1) is 0 Å². The average molecular weight is 336 g/mol. The van der Waals surface area contributed by atoms with Crippen LogP contribution in [-0.4, -0.2) is 61.6 Å². The molecule has 0 atom stereocenters. The topological polar surface area (TPSA) is 76.3 Å². The molecule has 0 fully saturated rings. The molecular formula is C14H20N6O2S. The smallest absolute Gasteiger partial charge is 0.346 e. The Hall–Kier alpha value is -2.00. The van der Waals surface area contributed by atoms with Crippen LogP contribution in [0.3, 0.4) is 0 Å². The number of carbonyl (C=O) groups is 1. The van der Waals surface area contributed by atoms with Gasteiger partial charge in [0.2, 0.25) is 5.91 Å². The van der Waals surface area contributed by atoms with Crippen molar-refractivity contribution in [3.05, 3.63) is 33.4 Å². The summed E-state index contributed by atoms with van der Waals surface area (Å²) < 4.78 is 7.05. The minimum absolute atomic E-state index is 0.00724. The first kappa shape index (κ1) is 15.9. The molecule has 124 valence electrons. The molecule has 9 heteroatoms. The van der Waals surface area contributed by atoms with E-state index >= 15 is 0 Å². The van der Waals surface area contributed by atoms with Crippen molar-refractivity contribution in [2.45, 2.75) is 26.1 Å². The van der Waals surface area contributed by atoms with Crippen LogP contribution in [0.5, 0.6) is 0 Å². The number of aromatic nitrogens is 4. The summed E-state index contributed by atoms with van der Waals surface area (Å²) in [6, 6.07) is 2.03. The fourth-order valence-electron chi connectivity index (χ4n) is 2.55. The lowest BCUT2D eigenvalue weighted by atomic mass is 10.3. The number of carbonyl (C=O) groups excluding carboxylic acids is 1. The molecular weight excluding hydrogens is 316 g/mol. The minimum atomic E-state index is -0.197. The molecule has 3 heterocycles. The summed E-state index contributed by atoms with van der Waals surface area (Å²) in [4.78, 5) is 29.1. The number of hydrogen-bond donors (Lipinski definition) is 0. The van der Waals surface area contributed by atoms with Crippen molar-refractivity contribution in [2.24, 2.45) is 0 Å². The average Bonchev–Trinajstić information content (AvgIpc) is 3.14.